The van der Waals surface area contributed by atoms with Gasteiger partial charge in [0, 0.05) is 0 Å². The standard InChI is InChI=1S/C17H18FN5OSi/c1-25(2,3)9-8-13-20-14-15(21-17(19)22-16(14)24)23(13)10-11-4-6-12(18)7-5-11/h4-7H,10H2,1-3H3,(H3,19,21,22,24). The van der Waals surface area contributed by atoms with E-state index < -0.39 is 13.6 Å². The number of nitrogens with zero attached hydrogens (tertiary/aromatic N) is 3. The van der Waals surface area contributed by atoms with Crippen LogP contribution in [-0.4, -0.2) is 27.6 Å². The number of aromatic nitrogens is 4. The lowest BCUT2D eigenvalue weighted by Crippen LogP contribution is -2.16. The number of aromatic amines is 1. The molecular weight excluding hydrogens is 337 g/mol. The van der Waals surface area contributed by atoms with E-state index in [-0.39, 0.29) is 17.3 Å². The number of hydrogen-bond acceptors (Lipinski definition) is 4. The number of nitrogens with two attached hydrogens (primary N) is 1. The summed E-state index contributed by atoms with van der Waals surface area (Å²) < 4.78 is 14.9. The van der Waals surface area contributed by atoms with Crippen molar-refractivity contribution in [3.05, 3.63) is 51.8 Å². The number of anilines is 1. The minimum absolute atomic E-state index is 0.0162. The summed E-state index contributed by atoms with van der Waals surface area (Å²) in [4.78, 5) is 23.1. The van der Waals surface area contributed by atoms with Gasteiger partial charge in [-0.3, -0.25) is 14.3 Å². The summed E-state index contributed by atoms with van der Waals surface area (Å²) in [7, 11) is -1.63. The van der Waals surface area contributed by atoms with Crippen LogP contribution in [0.4, 0.5) is 10.3 Å². The molecule has 0 atom stereocenters. The largest absolute Gasteiger partial charge is 0.369 e. The highest BCUT2D eigenvalue weighted by molar-refractivity contribution is 6.83. The van der Waals surface area contributed by atoms with E-state index >= 15 is 0 Å². The molecule has 8 heteroatoms. The normalized spacial score (nSPS) is 11.4. The molecule has 0 aliphatic heterocycles. The van der Waals surface area contributed by atoms with Crippen LogP contribution in [0.25, 0.3) is 11.2 Å². The maximum atomic E-state index is 13.1. The maximum absolute atomic E-state index is 13.1. The van der Waals surface area contributed by atoms with E-state index in [2.05, 4.69) is 46.1 Å². The van der Waals surface area contributed by atoms with Crippen LogP contribution >= 0.6 is 0 Å². The van der Waals surface area contributed by atoms with Gasteiger partial charge in [0.1, 0.15) is 13.9 Å². The molecule has 0 spiro atoms. The Kier molecular flexibility index (Phi) is 4.18. The molecule has 3 rings (SSSR count). The molecule has 0 radical (unpaired) electrons. The summed E-state index contributed by atoms with van der Waals surface area (Å²) in [6.45, 7) is 6.73. The summed E-state index contributed by atoms with van der Waals surface area (Å²) in [6.07, 6.45) is 0. The minimum atomic E-state index is -1.63. The molecule has 0 bridgehead atoms. The lowest BCUT2D eigenvalue weighted by molar-refractivity contribution is 0.626. The van der Waals surface area contributed by atoms with Gasteiger partial charge in [-0.15, -0.1) is 5.54 Å². The van der Waals surface area contributed by atoms with Gasteiger partial charge in [0.2, 0.25) is 5.95 Å². The Hall–Kier alpha value is -2.92. The van der Waals surface area contributed by atoms with Crippen molar-refractivity contribution in [2.75, 3.05) is 5.73 Å². The number of benzene rings is 1. The predicted octanol–water partition coefficient (Wildman–Crippen LogP) is 2.12. The van der Waals surface area contributed by atoms with Crippen LogP contribution in [0.3, 0.4) is 0 Å². The SMILES string of the molecule is C[Si](C)(C)C#Cc1nc2c(=O)[nH]c(N)nc2n1Cc1ccc(F)cc1. The van der Waals surface area contributed by atoms with Gasteiger partial charge in [0.05, 0.1) is 6.54 Å². The molecule has 0 aliphatic rings. The van der Waals surface area contributed by atoms with E-state index in [4.69, 9.17) is 5.73 Å². The third-order valence-corrected chi connectivity index (χ3v) is 4.30. The summed E-state index contributed by atoms with van der Waals surface area (Å²) in [5.74, 6) is 3.23. The fourth-order valence-corrected chi connectivity index (χ4v) is 2.78. The van der Waals surface area contributed by atoms with E-state index in [9.17, 15) is 9.18 Å². The van der Waals surface area contributed by atoms with Gasteiger partial charge >= 0.3 is 0 Å². The second-order valence-electron chi connectivity index (χ2n) is 6.77. The molecule has 25 heavy (non-hydrogen) atoms. The molecule has 0 unspecified atom stereocenters. The molecule has 3 N–H and O–H groups in total. The van der Waals surface area contributed by atoms with Crippen LogP contribution in [0.1, 0.15) is 11.4 Å². The lowest BCUT2D eigenvalue weighted by atomic mass is 10.2. The Morgan fingerprint density at radius 1 is 1.24 bits per heavy atom. The number of hydrogen-bond donors (Lipinski definition) is 2. The average molecular weight is 355 g/mol. The van der Waals surface area contributed by atoms with Crippen molar-refractivity contribution in [1.82, 2.24) is 19.5 Å². The first-order valence-corrected chi connectivity index (χ1v) is 11.3. The molecule has 0 amide bonds. The third kappa shape index (κ3) is 3.77. The summed E-state index contributed by atoms with van der Waals surface area (Å²) in [5.41, 5.74) is 9.91. The van der Waals surface area contributed by atoms with Crippen LogP contribution in [0.2, 0.25) is 19.6 Å². The second-order valence-corrected chi connectivity index (χ2v) is 11.5. The van der Waals surface area contributed by atoms with E-state index in [1.165, 1.54) is 12.1 Å². The highest BCUT2D eigenvalue weighted by Crippen LogP contribution is 2.15. The smallest absolute Gasteiger partial charge is 0.280 e. The molecule has 1 aromatic carbocycles. The fourth-order valence-electron chi connectivity index (χ4n) is 2.29. The Morgan fingerprint density at radius 2 is 1.92 bits per heavy atom. The van der Waals surface area contributed by atoms with E-state index in [0.717, 1.165) is 5.56 Å². The first kappa shape index (κ1) is 16.9. The van der Waals surface area contributed by atoms with Gasteiger partial charge in [-0.05, 0) is 23.6 Å². The van der Waals surface area contributed by atoms with Crippen LogP contribution in [0.5, 0.6) is 0 Å². The van der Waals surface area contributed by atoms with Gasteiger partial charge < -0.3 is 5.73 Å². The number of fused-ring (bicyclic) bond motifs is 1. The van der Waals surface area contributed by atoms with Crippen LogP contribution in [0, 0.1) is 17.3 Å². The van der Waals surface area contributed by atoms with Crippen molar-refractivity contribution >= 4 is 25.2 Å². The van der Waals surface area contributed by atoms with Crippen LogP contribution in [-0.2, 0) is 6.54 Å². The van der Waals surface area contributed by atoms with E-state index in [1.54, 1.807) is 16.7 Å². The van der Waals surface area contributed by atoms with Crippen LogP contribution in [0.15, 0.2) is 29.1 Å². The molecule has 6 nitrogen and oxygen atoms in total. The molecule has 2 heterocycles. The third-order valence-electron chi connectivity index (χ3n) is 3.43. The molecule has 0 saturated carbocycles. The average Bonchev–Trinajstić information content (AvgIpc) is 2.85. The zero-order valence-electron chi connectivity index (χ0n) is 14.2. The summed E-state index contributed by atoms with van der Waals surface area (Å²) >= 11 is 0. The Bertz CT molecular complexity index is 1050. The molecule has 2 aromatic heterocycles. The molecule has 0 saturated heterocycles. The molecule has 3 aromatic rings. The summed E-state index contributed by atoms with van der Waals surface area (Å²) in [5, 5.41) is 0. The van der Waals surface area contributed by atoms with Crippen molar-refractivity contribution in [3.63, 3.8) is 0 Å². The van der Waals surface area contributed by atoms with Gasteiger partial charge in [-0.25, -0.2) is 9.37 Å². The lowest BCUT2D eigenvalue weighted by Gasteiger charge is -2.07. The zero-order valence-corrected chi connectivity index (χ0v) is 15.2. The molecule has 0 aliphatic carbocycles. The fraction of sp³-hybridized carbons (Fsp3) is 0.235. The minimum Gasteiger partial charge on any atom is -0.369 e. The van der Waals surface area contributed by atoms with E-state index in [1.807, 2.05) is 0 Å². The van der Waals surface area contributed by atoms with Crippen LogP contribution < -0.4 is 11.3 Å². The van der Waals surface area contributed by atoms with Gasteiger partial charge in [0.25, 0.3) is 5.56 Å². The second kappa shape index (κ2) is 6.18. The highest BCUT2D eigenvalue weighted by Gasteiger charge is 2.16. The van der Waals surface area contributed by atoms with Crippen molar-refractivity contribution in [3.8, 4) is 11.5 Å². The van der Waals surface area contributed by atoms with Crippen molar-refractivity contribution in [2.45, 2.75) is 26.2 Å². The Balaban J connectivity index is 2.19. The van der Waals surface area contributed by atoms with Gasteiger partial charge in [0.15, 0.2) is 17.0 Å². The molecule has 128 valence electrons. The summed E-state index contributed by atoms with van der Waals surface area (Å²) in [6, 6.07) is 6.12. The Morgan fingerprint density at radius 3 is 2.56 bits per heavy atom. The number of H-pyrrole nitrogens is 1. The predicted molar refractivity (Wildman–Crippen MR) is 98.3 cm³/mol. The topological polar surface area (TPSA) is 89.6 Å². The van der Waals surface area contributed by atoms with Gasteiger partial charge in [-0.1, -0.05) is 31.8 Å². The number of rotatable bonds is 2. The number of imidazole rings is 1. The van der Waals surface area contributed by atoms with Crippen molar-refractivity contribution in [1.29, 1.82) is 0 Å². The molecule has 0 fully saturated rings. The Labute approximate surface area is 144 Å². The number of nitrogens with one attached hydrogen (secondary N) is 1. The molecular formula is C17H18FN5OSi. The quantitative estimate of drug-likeness (QED) is 0.544. The first-order chi connectivity index (χ1) is 11.7. The number of nitrogen functional groups attached to an aromatic ring is 1. The first-order valence-electron chi connectivity index (χ1n) is 7.76. The zero-order chi connectivity index (χ0) is 18.2. The number of halogens is 1. The monoisotopic (exact) mass is 355 g/mol. The van der Waals surface area contributed by atoms with Crippen molar-refractivity contribution < 1.29 is 4.39 Å². The van der Waals surface area contributed by atoms with Gasteiger partial charge in [-0.2, -0.15) is 4.98 Å². The highest BCUT2D eigenvalue weighted by atomic mass is 28.3. The van der Waals surface area contributed by atoms with Crippen molar-refractivity contribution in [2.24, 2.45) is 0 Å². The van der Waals surface area contributed by atoms with E-state index in [0.29, 0.717) is 18.0 Å². The maximum Gasteiger partial charge on any atom is 0.280 e.